The highest BCUT2D eigenvalue weighted by molar-refractivity contribution is 5.69. The van der Waals surface area contributed by atoms with E-state index in [2.05, 4.69) is 11.7 Å². The molecule has 0 radical (unpaired) electrons. The summed E-state index contributed by atoms with van der Waals surface area (Å²) in [6, 6.07) is 0. The summed E-state index contributed by atoms with van der Waals surface area (Å²) in [6.45, 7) is 2.25. The van der Waals surface area contributed by atoms with E-state index in [1.165, 1.54) is 64.9 Å². The topological polar surface area (TPSA) is 46.5 Å². The molecule has 3 nitrogen and oxygen atoms in total. The summed E-state index contributed by atoms with van der Waals surface area (Å²) in [5.74, 6) is -0.319. The van der Waals surface area contributed by atoms with E-state index in [0.29, 0.717) is 6.42 Å². The van der Waals surface area contributed by atoms with Crippen molar-refractivity contribution in [3.05, 3.63) is 0 Å². The van der Waals surface area contributed by atoms with Gasteiger partial charge in [0.05, 0.1) is 19.6 Å². The molecule has 1 N–H and O–H groups in total. The number of esters is 1. The van der Waals surface area contributed by atoms with Crippen LogP contribution in [0.3, 0.4) is 0 Å². The van der Waals surface area contributed by atoms with Gasteiger partial charge in [-0.05, 0) is 6.42 Å². The molecule has 0 amide bonds. The molecule has 0 rings (SSSR count). The standard InChI is InChI=1S/C17H34O3/c1-3-4-5-6-7-8-9-10-11-12-13-14-16(18)15-17(19)20-2/h16,18H,3-15H2,1-2H3/t16-/m1/s1. The minimum absolute atomic E-state index is 0.133. The molecule has 120 valence electrons. The third-order valence-electron chi connectivity index (χ3n) is 3.77. The lowest BCUT2D eigenvalue weighted by Gasteiger charge is -2.08. The van der Waals surface area contributed by atoms with Crippen LogP contribution in [0.5, 0.6) is 0 Å². The maximum absolute atomic E-state index is 10.9. The van der Waals surface area contributed by atoms with Crippen LogP contribution in [0, 0.1) is 0 Å². The quantitative estimate of drug-likeness (QED) is 0.374. The van der Waals surface area contributed by atoms with Gasteiger partial charge in [-0.2, -0.15) is 0 Å². The average Bonchev–Trinajstić information content (AvgIpc) is 2.44. The molecule has 1 atom stereocenters. The van der Waals surface area contributed by atoms with Crippen LogP contribution >= 0.6 is 0 Å². The molecule has 0 aliphatic carbocycles. The Morgan fingerprint density at radius 1 is 0.900 bits per heavy atom. The van der Waals surface area contributed by atoms with Crippen molar-refractivity contribution in [2.24, 2.45) is 0 Å². The Hall–Kier alpha value is -0.570. The predicted molar refractivity (Wildman–Crippen MR) is 83.7 cm³/mol. The maximum atomic E-state index is 10.9. The molecule has 0 aromatic rings. The van der Waals surface area contributed by atoms with Gasteiger partial charge in [0, 0.05) is 0 Å². The van der Waals surface area contributed by atoms with Gasteiger partial charge in [-0.25, -0.2) is 0 Å². The van der Waals surface area contributed by atoms with Crippen LogP contribution in [0.4, 0.5) is 0 Å². The second-order valence-corrected chi connectivity index (χ2v) is 5.76. The molecule has 3 heteroatoms. The fourth-order valence-electron chi connectivity index (χ4n) is 2.42. The third kappa shape index (κ3) is 13.9. The largest absolute Gasteiger partial charge is 0.469 e. The Bertz CT molecular complexity index is 216. The zero-order chi connectivity index (χ0) is 15.1. The van der Waals surface area contributed by atoms with Crippen LogP contribution in [-0.2, 0) is 9.53 Å². The fraction of sp³-hybridized carbons (Fsp3) is 0.941. The highest BCUT2D eigenvalue weighted by atomic mass is 16.5. The highest BCUT2D eigenvalue weighted by Crippen LogP contribution is 2.13. The summed E-state index contributed by atoms with van der Waals surface area (Å²) in [6.07, 6.45) is 14.6. The van der Waals surface area contributed by atoms with E-state index < -0.39 is 6.10 Å². The van der Waals surface area contributed by atoms with Crippen molar-refractivity contribution in [2.75, 3.05) is 7.11 Å². The van der Waals surface area contributed by atoms with Gasteiger partial charge in [0.2, 0.25) is 0 Å². The van der Waals surface area contributed by atoms with E-state index in [-0.39, 0.29) is 12.4 Å². The van der Waals surface area contributed by atoms with Crippen molar-refractivity contribution in [1.82, 2.24) is 0 Å². The molecule has 0 aromatic heterocycles. The Labute approximate surface area is 125 Å². The van der Waals surface area contributed by atoms with Gasteiger partial charge in [0.1, 0.15) is 0 Å². The number of aliphatic hydroxyl groups excluding tert-OH is 1. The summed E-state index contributed by atoms with van der Waals surface area (Å²) in [5.41, 5.74) is 0. The molecule has 0 fully saturated rings. The van der Waals surface area contributed by atoms with Crippen molar-refractivity contribution < 1.29 is 14.6 Å². The lowest BCUT2D eigenvalue weighted by atomic mass is 10.0. The predicted octanol–water partition coefficient (Wildman–Crippen LogP) is 4.61. The second-order valence-electron chi connectivity index (χ2n) is 5.76. The van der Waals surface area contributed by atoms with Gasteiger partial charge in [0.25, 0.3) is 0 Å². The number of rotatable bonds is 14. The van der Waals surface area contributed by atoms with Gasteiger partial charge in [-0.3, -0.25) is 4.79 Å². The number of carbonyl (C=O) groups excluding carboxylic acids is 1. The van der Waals surface area contributed by atoms with Crippen molar-refractivity contribution in [2.45, 2.75) is 96.5 Å². The summed E-state index contributed by atoms with van der Waals surface area (Å²) >= 11 is 0. The number of hydrogen-bond acceptors (Lipinski definition) is 3. The number of carbonyl (C=O) groups is 1. The van der Waals surface area contributed by atoms with E-state index in [4.69, 9.17) is 0 Å². The van der Waals surface area contributed by atoms with Crippen molar-refractivity contribution in [3.63, 3.8) is 0 Å². The highest BCUT2D eigenvalue weighted by Gasteiger charge is 2.09. The van der Waals surface area contributed by atoms with Crippen LogP contribution in [0.25, 0.3) is 0 Å². The number of aliphatic hydroxyl groups is 1. The first-order valence-electron chi connectivity index (χ1n) is 8.45. The van der Waals surface area contributed by atoms with Crippen molar-refractivity contribution in [3.8, 4) is 0 Å². The maximum Gasteiger partial charge on any atom is 0.308 e. The number of ether oxygens (including phenoxy) is 1. The molecule has 0 aliphatic rings. The summed E-state index contributed by atoms with van der Waals surface area (Å²) in [4.78, 5) is 10.9. The molecule has 0 aliphatic heterocycles. The van der Waals surface area contributed by atoms with Gasteiger partial charge >= 0.3 is 5.97 Å². The summed E-state index contributed by atoms with van der Waals surface area (Å²) in [5, 5.41) is 9.59. The molecule has 0 aromatic carbocycles. The summed E-state index contributed by atoms with van der Waals surface area (Å²) < 4.78 is 4.53. The first-order chi connectivity index (χ1) is 9.70. The van der Waals surface area contributed by atoms with E-state index >= 15 is 0 Å². The molecule has 0 spiro atoms. The number of methoxy groups -OCH3 is 1. The van der Waals surface area contributed by atoms with Gasteiger partial charge in [-0.1, -0.05) is 77.6 Å². The Morgan fingerprint density at radius 3 is 1.80 bits per heavy atom. The smallest absolute Gasteiger partial charge is 0.308 e. The van der Waals surface area contributed by atoms with Crippen LogP contribution in [-0.4, -0.2) is 24.3 Å². The summed E-state index contributed by atoms with van der Waals surface area (Å²) in [7, 11) is 1.36. The van der Waals surface area contributed by atoms with Crippen LogP contribution in [0.2, 0.25) is 0 Å². The first-order valence-corrected chi connectivity index (χ1v) is 8.45. The fourth-order valence-corrected chi connectivity index (χ4v) is 2.42. The molecule has 0 saturated carbocycles. The Balaban J connectivity index is 3.14. The van der Waals surface area contributed by atoms with E-state index in [0.717, 1.165) is 12.8 Å². The molecule has 0 unspecified atom stereocenters. The van der Waals surface area contributed by atoms with Crippen LogP contribution in [0.15, 0.2) is 0 Å². The van der Waals surface area contributed by atoms with E-state index in [9.17, 15) is 9.90 Å². The van der Waals surface area contributed by atoms with Crippen molar-refractivity contribution in [1.29, 1.82) is 0 Å². The lowest BCUT2D eigenvalue weighted by Crippen LogP contribution is -2.14. The molecular formula is C17H34O3. The minimum Gasteiger partial charge on any atom is -0.469 e. The minimum atomic E-state index is -0.527. The molecule has 20 heavy (non-hydrogen) atoms. The molecular weight excluding hydrogens is 252 g/mol. The first kappa shape index (κ1) is 19.4. The Kier molecular flexibility index (Phi) is 14.4. The molecule has 0 heterocycles. The SMILES string of the molecule is CCCCCCCCCCCCC[C@@H](O)CC(=O)OC. The molecule has 0 bridgehead atoms. The van der Waals surface area contributed by atoms with Crippen LogP contribution in [0.1, 0.15) is 90.4 Å². The van der Waals surface area contributed by atoms with E-state index in [1.807, 2.05) is 0 Å². The average molecular weight is 286 g/mol. The van der Waals surface area contributed by atoms with Crippen molar-refractivity contribution >= 4 is 5.97 Å². The molecule has 0 saturated heterocycles. The van der Waals surface area contributed by atoms with Crippen LogP contribution < -0.4 is 0 Å². The van der Waals surface area contributed by atoms with Gasteiger partial charge < -0.3 is 9.84 Å². The van der Waals surface area contributed by atoms with E-state index in [1.54, 1.807) is 0 Å². The second kappa shape index (κ2) is 14.8. The van der Waals surface area contributed by atoms with Gasteiger partial charge in [-0.15, -0.1) is 0 Å². The number of hydrogen-bond donors (Lipinski definition) is 1. The lowest BCUT2D eigenvalue weighted by molar-refractivity contribution is -0.142. The third-order valence-corrected chi connectivity index (χ3v) is 3.77. The normalized spacial score (nSPS) is 12.3. The van der Waals surface area contributed by atoms with Gasteiger partial charge in [0.15, 0.2) is 0 Å². The number of unbranched alkanes of at least 4 members (excludes halogenated alkanes) is 10. The monoisotopic (exact) mass is 286 g/mol. The zero-order valence-corrected chi connectivity index (χ0v) is 13.5. The Morgan fingerprint density at radius 2 is 1.35 bits per heavy atom. The zero-order valence-electron chi connectivity index (χ0n) is 13.5.